The summed E-state index contributed by atoms with van der Waals surface area (Å²) in [7, 11) is -3.07. The minimum atomic E-state index is -3.07. The van der Waals surface area contributed by atoms with E-state index in [1.807, 2.05) is 30.3 Å². The van der Waals surface area contributed by atoms with Crippen molar-refractivity contribution in [3.8, 4) is 0 Å². The van der Waals surface area contributed by atoms with E-state index in [2.05, 4.69) is 6.58 Å². The Bertz CT molecular complexity index is 426. The Morgan fingerprint density at radius 2 is 1.67 bits per heavy atom. The van der Waals surface area contributed by atoms with Gasteiger partial charge in [0, 0.05) is 19.9 Å². The fourth-order valence-electron chi connectivity index (χ4n) is 1.62. The highest BCUT2D eigenvalue weighted by molar-refractivity contribution is 6.74. The second-order valence-electron chi connectivity index (χ2n) is 3.87. The Kier molecular flexibility index (Phi) is 4.85. The van der Waals surface area contributed by atoms with E-state index in [0.717, 1.165) is 5.56 Å². The molecule has 0 atom stereocenters. The zero-order chi connectivity index (χ0) is 13.6. The van der Waals surface area contributed by atoms with E-state index >= 15 is 0 Å². The molecule has 0 heterocycles. The third kappa shape index (κ3) is 4.18. The lowest BCUT2D eigenvalue weighted by Gasteiger charge is -2.25. The lowest BCUT2D eigenvalue weighted by Crippen LogP contribution is -2.46. The molecule has 0 spiro atoms. The third-order valence-corrected chi connectivity index (χ3v) is 5.03. The van der Waals surface area contributed by atoms with Crippen LogP contribution in [0.5, 0.6) is 0 Å². The summed E-state index contributed by atoms with van der Waals surface area (Å²) in [6, 6.07) is 9.78. The first kappa shape index (κ1) is 14.2. The summed E-state index contributed by atoms with van der Waals surface area (Å²) in [4.78, 5) is 22.3. The van der Waals surface area contributed by atoms with Crippen LogP contribution < -0.4 is 0 Å². The van der Waals surface area contributed by atoms with Gasteiger partial charge in [-0.05, 0) is 11.3 Å². The van der Waals surface area contributed by atoms with Crippen molar-refractivity contribution in [2.75, 3.05) is 0 Å². The van der Waals surface area contributed by atoms with Crippen molar-refractivity contribution in [1.29, 1.82) is 0 Å². The minimum Gasteiger partial charge on any atom is -0.482 e. The van der Waals surface area contributed by atoms with Crippen LogP contribution in [0, 0.1) is 0 Å². The second kappa shape index (κ2) is 6.16. The third-order valence-electron chi connectivity index (χ3n) is 2.24. The van der Waals surface area contributed by atoms with E-state index in [0.29, 0.717) is 6.04 Å². The zero-order valence-electron chi connectivity index (χ0n) is 10.5. The number of rotatable bonds is 5. The Morgan fingerprint density at radius 3 is 2.06 bits per heavy atom. The predicted molar refractivity (Wildman–Crippen MR) is 69.6 cm³/mol. The van der Waals surface area contributed by atoms with Crippen LogP contribution in [0.2, 0.25) is 0 Å². The van der Waals surface area contributed by atoms with Crippen LogP contribution in [0.25, 0.3) is 0 Å². The van der Waals surface area contributed by atoms with Crippen molar-refractivity contribution >= 4 is 20.5 Å². The Morgan fingerprint density at radius 1 is 1.17 bits per heavy atom. The maximum Gasteiger partial charge on any atom is 0.495 e. The normalized spacial score (nSPS) is 10.6. The fraction of sp³-hybridized carbons (Fsp3) is 0.231. The van der Waals surface area contributed by atoms with Gasteiger partial charge in [-0.25, -0.2) is 0 Å². The first-order valence-corrected chi connectivity index (χ1v) is 7.64. The average Bonchev–Trinajstić information content (AvgIpc) is 2.28. The number of benzene rings is 1. The quantitative estimate of drug-likeness (QED) is 0.764. The number of hydrogen-bond acceptors (Lipinski definition) is 4. The molecular weight excluding hydrogens is 248 g/mol. The van der Waals surface area contributed by atoms with Gasteiger partial charge in [0.25, 0.3) is 11.9 Å². The number of carbonyl (C=O) groups excluding carboxylic acids is 2. The molecule has 1 aromatic rings. The van der Waals surface area contributed by atoms with Crippen molar-refractivity contribution in [2.24, 2.45) is 0 Å². The lowest BCUT2D eigenvalue weighted by molar-refractivity contribution is -0.138. The Hall–Kier alpha value is -1.88. The number of hydrogen-bond donors (Lipinski definition) is 0. The molecule has 0 bridgehead atoms. The molecular formula is C13H16O4Si. The van der Waals surface area contributed by atoms with Gasteiger partial charge in [-0.2, -0.15) is 0 Å². The van der Waals surface area contributed by atoms with Crippen LogP contribution in [0.15, 0.2) is 42.6 Å². The average molecular weight is 264 g/mol. The van der Waals surface area contributed by atoms with Gasteiger partial charge in [0.15, 0.2) is 0 Å². The standard InChI is InChI=1S/C13H16O4Si/c1-4-18(16-11(2)14,17-12(3)15)10-13-8-6-5-7-9-13/h4-9H,1,10H2,2-3H3. The van der Waals surface area contributed by atoms with E-state index < -0.39 is 20.5 Å². The van der Waals surface area contributed by atoms with E-state index in [4.69, 9.17) is 8.85 Å². The maximum atomic E-state index is 11.2. The molecule has 0 amide bonds. The summed E-state index contributed by atoms with van der Waals surface area (Å²) in [5, 5.41) is 0. The van der Waals surface area contributed by atoms with Crippen molar-refractivity contribution in [1.82, 2.24) is 0 Å². The first-order valence-electron chi connectivity index (χ1n) is 5.54. The van der Waals surface area contributed by atoms with Gasteiger partial charge < -0.3 is 8.85 Å². The zero-order valence-corrected chi connectivity index (χ0v) is 11.5. The molecule has 1 aromatic carbocycles. The SMILES string of the molecule is C=C[Si](Cc1ccccc1)(OC(C)=O)OC(C)=O. The largest absolute Gasteiger partial charge is 0.495 e. The monoisotopic (exact) mass is 264 g/mol. The second-order valence-corrected chi connectivity index (χ2v) is 6.66. The molecule has 0 aliphatic rings. The summed E-state index contributed by atoms with van der Waals surface area (Å²) >= 11 is 0. The first-order chi connectivity index (χ1) is 8.47. The van der Waals surface area contributed by atoms with Crippen LogP contribution in [0.4, 0.5) is 0 Å². The summed E-state index contributed by atoms with van der Waals surface area (Å²) < 4.78 is 10.5. The summed E-state index contributed by atoms with van der Waals surface area (Å²) in [5.74, 6) is -0.947. The van der Waals surface area contributed by atoms with Crippen LogP contribution in [0.1, 0.15) is 19.4 Å². The van der Waals surface area contributed by atoms with Gasteiger partial charge in [-0.1, -0.05) is 30.3 Å². The Labute approximate surface area is 107 Å². The molecule has 0 radical (unpaired) electrons. The molecule has 0 aromatic heterocycles. The number of carbonyl (C=O) groups is 2. The summed E-state index contributed by atoms with van der Waals surface area (Å²) in [6.07, 6.45) is 0. The maximum absolute atomic E-state index is 11.2. The minimum absolute atomic E-state index is 0.372. The van der Waals surface area contributed by atoms with Crippen LogP contribution >= 0.6 is 0 Å². The highest BCUT2D eigenvalue weighted by Gasteiger charge is 2.41. The molecule has 0 aliphatic carbocycles. The molecule has 0 saturated carbocycles. The molecule has 96 valence electrons. The van der Waals surface area contributed by atoms with Gasteiger partial charge in [0.2, 0.25) is 0 Å². The van der Waals surface area contributed by atoms with Crippen LogP contribution in [0.3, 0.4) is 0 Å². The smallest absolute Gasteiger partial charge is 0.482 e. The van der Waals surface area contributed by atoms with Gasteiger partial charge >= 0.3 is 8.56 Å². The predicted octanol–water partition coefficient (Wildman–Crippen LogP) is 2.06. The molecule has 0 unspecified atom stereocenters. The Balaban J connectivity index is 2.98. The van der Waals surface area contributed by atoms with E-state index in [-0.39, 0.29) is 0 Å². The van der Waals surface area contributed by atoms with Crippen LogP contribution in [-0.4, -0.2) is 20.5 Å². The fourth-order valence-corrected chi connectivity index (χ4v) is 3.89. The van der Waals surface area contributed by atoms with E-state index in [1.54, 1.807) is 0 Å². The highest BCUT2D eigenvalue weighted by Crippen LogP contribution is 2.17. The van der Waals surface area contributed by atoms with Gasteiger partial charge in [0.05, 0.1) is 0 Å². The summed E-state index contributed by atoms with van der Waals surface area (Å²) in [6.45, 7) is 6.23. The van der Waals surface area contributed by atoms with Gasteiger partial charge in [-0.15, -0.1) is 6.58 Å². The summed E-state index contributed by atoms with van der Waals surface area (Å²) in [5.41, 5.74) is 2.40. The van der Waals surface area contributed by atoms with Crippen LogP contribution in [-0.2, 0) is 24.5 Å². The topological polar surface area (TPSA) is 52.6 Å². The molecule has 5 heteroatoms. The molecule has 4 nitrogen and oxygen atoms in total. The molecule has 1 rings (SSSR count). The van der Waals surface area contributed by atoms with E-state index in [1.165, 1.54) is 19.5 Å². The molecule has 18 heavy (non-hydrogen) atoms. The van der Waals surface area contributed by atoms with Gasteiger partial charge in [-0.3, -0.25) is 9.59 Å². The van der Waals surface area contributed by atoms with E-state index in [9.17, 15) is 9.59 Å². The highest BCUT2D eigenvalue weighted by atomic mass is 28.4. The lowest BCUT2D eigenvalue weighted by atomic mass is 10.2. The molecule has 0 fully saturated rings. The molecule has 0 saturated heterocycles. The van der Waals surface area contributed by atoms with Crippen molar-refractivity contribution in [3.05, 3.63) is 48.2 Å². The molecule has 0 aliphatic heterocycles. The van der Waals surface area contributed by atoms with Gasteiger partial charge in [0.1, 0.15) is 0 Å². The van der Waals surface area contributed by atoms with Crippen molar-refractivity contribution in [3.63, 3.8) is 0 Å². The molecule has 0 N–H and O–H groups in total. The van der Waals surface area contributed by atoms with Crippen molar-refractivity contribution in [2.45, 2.75) is 19.9 Å². The van der Waals surface area contributed by atoms with Crippen molar-refractivity contribution < 1.29 is 18.4 Å².